The minimum atomic E-state index is -0.187. The molecule has 4 rings (SSSR count). The number of H-pyrrole nitrogens is 1. The average Bonchev–Trinajstić information content (AvgIpc) is 2.80. The van der Waals surface area contributed by atoms with Gasteiger partial charge in [0.25, 0.3) is 5.56 Å². The van der Waals surface area contributed by atoms with Crippen molar-refractivity contribution in [3.63, 3.8) is 0 Å². The Balaban J connectivity index is 1.67. The number of pyridine rings is 3. The Labute approximate surface area is 187 Å². The summed E-state index contributed by atoms with van der Waals surface area (Å²) >= 11 is 0. The Morgan fingerprint density at radius 3 is 2.66 bits per heavy atom. The number of nitrogens with zero attached hydrogens (tertiary/aromatic N) is 3. The highest BCUT2D eigenvalue weighted by molar-refractivity contribution is 5.95. The number of nitrogens with one attached hydrogen (secondary N) is 2. The van der Waals surface area contributed by atoms with Gasteiger partial charge in [-0.1, -0.05) is 12.1 Å². The van der Waals surface area contributed by atoms with Crippen molar-refractivity contribution >= 4 is 22.3 Å². The van der Waals surface area contributed by atoms with Crippen molar-refractivity contribution in [3.8, 4) is 17.0 Å². The summed E-state index contributed by atoms with van der Waals surface area (Å²) in [6, 6.07) is 13.9. The third kappa shape index (κ3) is 4.95. The van der Waals surface area contributed by atoms with E-state index in [-0.39, 0.29) is 5.56 Å². The van der Waals surface area contributed by atoms with E-state index in [4.69, 9.17) is 9.72 Å². The highest BCUT2D eigenvalue weighted by atomic mass is 16.5. The minimum Gasteiger partial charge on any atom is -0.495 e. The SMILES string of the molecule is COc1cncc(-c2cc3cc[nH]c(=O)c3c(Nc3ccc(CCCN(C)C)cc3)n2)c1. The Bertz CT molecular complexity index is 1270. The van der Waals surface area contributed by atoms with Gasteiger partial charge in [0.1, 0.15) is 11.6 Å². The number of benzene rings is 1. The van der Waals surface area contributed by atoms with E-state index in [1.165, 1.54) is 5.56 Å². The zero-order chi connectivity index (χ0) is 22.5. The lowest BCUT2D eigenvalue weighted by atomic mass is 10.1. The first-order chi connectivity index (χ1) is 15.5. The molecular weight excluding hydrogens is 402 g/mol. The van der Waals surface area contributed by atoms with Gasteiger partial charge in [0.2, 0.25) is 0 Å². The van der Waals surface area contributed by atoms with Gasteiger partial charge >= 0.3 is 0 Å². The summed E-state index contributed by atoms with van der Waals surface area (Å²) < 4.78 is 5.30. The molecule has 164 valence electrons. The number of hydrogen-bond acceptors (Lipinski definition) is 6. The van der Waals surface area contributed by atoms with Gasteiger partial charge in [-0.3, -0.25) is 9.78 Å². The molecule has 0 amide bonds. The molecule has 1 aromatic carbocycles. The molecule has 7 heteroatoms. The number of methoxy groups -OCH3 is 1. The molecule has 0 fully saturated rings. The molecule has 3 aromatic heterocycles. The van der Waals surface area contributed by atoms with E-state index in [1.54, 1.807) is 25.7 Å². The van der Waals surface area contributed by atoms with Gasteiger partial charge in [-0.05, 0) is 74.8 Å². The summed E-state index contributed by atoms with van der Waals surface area (Å²) in [6.07, 6.45) is 7.16. The molecule has 32 heavy (non-hydrogen) atoms. The lowest BCUT2D eigenvalue weighted by molar-refractivity contribution is 0.400. The fraction of sp³-hybridized carbons (Fsp3) is 0.240. The van der Waals surface area contributed by atoms with Crippen LogP contribution < -0.4 is 15.6 Å². The smallest absolute Gasteiger partial charge is 0.259 e. The monoisotopic (exact) mass is 429 g/mol. The third-order valence-corrected chi connectivity index (χ3v) is 5.29. The van der Waals surface area contributed by atoms with E-state index in [0.29, 0.717) is 22.6 Å². The molecule has 4 aromatic rings. The molecular formula is C25H27N5O2. The van der Waals surface area contributed by atoms with Gasteiger partial charge in [-0.25, -0.2) is 4.98 Å². The number of anilines is 2. The van der Waals surface area contributed by atoms with Crippen LogP contribution in [0.2, 0.25) is 0 Å². The van der Waals surface area contributed by atoms with Gasteiger partial charge < -0.3 is 19.9 Å². The van der Waals surface area contributed by atoms with Crippen molar-refractivity contribution in [2.24, 2.45) is 0 Å². The van der Waals surface area contributed by atoms with Crippen molar-refractivity contribution in [1.29, 1.82) is 0 Å². The van der Waals surface area contributed by atoms with Gasteiger partial charge in [-0.15, -0.1) is 0 Å². The number of ether oxygens (including phenoxy) is 1. The maximum atomic E-state index is 12.6. The van der Waals surface area contributed by atoms with Crippen LogP contribution in [0.3, 0.4) is 0 Å². The molecule has 0 atom stereocenters. The van der Waals surface area contributed by atoms with Crippen molar-refractivity contribution in [2.75, 3.05) is 33.1 Å². The van der Waals surface area contributed by atoms with Crippen LogP contribution in [-0.4, -0.2) is 47.6 Å². The number of rotatable bonds is 8. The normalized spacial score (nSPS) is 11.1. The van der Waals surface area contributed by atoms with E-state index in [1.807, 2.05) is 30.3 Å². The fourth-order valence-electron chi connectivity index (χ4n) is 3.61. The first-order valence-corrected chi connectivity index (χ1v) is 10.6. The number of aromatic nitrogens is 3. The lowest BCUT2D eigenvalue weighted by Gasteiger charge is -2.12. The van der Waals surface area contributed by atoms with Gasteiger partial charge in [0.15, 0.2) is 0 Å². The molecule has 0 bridgehead atoms. The van der Waals surface area contributed by atoms with E-state index >= 15 is 0 Å². The first kappa shape index (κ1) is 21.5. The Hall–Kier alpha value is -3.71. The molecule has 7 nitrogen and oxygen atoms in total. The molecule has 3 heterocycles. The van der Waals surface area contributed by atoms with E-state index in [2.05, 4.69) is 46.4 Å². The largest absolute Gasteiger partial charge is 0.495 e. The zero-order valence-corrected chi connectivity index (χ0v) is 18.6. The maximum Gasteiger partial charge on any atom is 0.259 e. The number of hydrogen-bond donors (Lipinski definition) is 2. The topological polar surface area (TPSA) is 83.1 Å². The number of fused-ring (bicyclic) bond motifs is 1. The molecule has 0 spiro atoms. The van der Waals surface area contributed by atoms with E-state index in [9.17, 15) is 4.79 Å². The summed E-state index contributed by atoms with van der Waals surface area (Å²) in [5, 5.41) is 4.65. The number of aromatic amines is 1. The summed E-state index contributed by atoms with van der Waals surface area (Å²) in [5.74, 6) is 1.15. The predicted molar refractivity (Wildman–Crippen MR) is 129 cm³/mol. The molecule has 0 aliphatic rings. The first-order valence-electron chi connectivity index (χ1n) is 10.6. The molecule has 0 aliphatic carbocycles. The van der Waals surface area contributed by atoms with Crippen molar-refractivity contribution in [3.05, 3.63) is 77.0 Å². The molecule has 0 saturated heterocycles. The van der Waals surface area contributed by atoms with Crippen LogP contribution in [-0.2, 0) is 6.42 Å². The zero-order valence-electron chi connectivity index (χ0n) is 18.6. The maximum absolute atomic E-state index is 12.6. The van der Waals surface area contributed by atoms with Crippen LogP contribution in [0.1, 0.15) is 12.0 Å². The fourth-order valence-corrected chi connectivity index (χ4v) is 3.61. The minimum absolute atomic E-state index is 0.187. The van der Waals surface area contributed by atoms with Crippen molar-refractivity contribution in [1.82, 2.24) is 19.9 Å². The van der Waals surface area contributed by atoms with Crippen LogP contribution in [0, 0.1) is 0 Å². The van der Waals surface area contributed by atoms with E-state index < -0.39 is 0 Å². The summed E-state index contributed by atoms with van der Waals surface area (Å²) in [7, 11) is 5.77. The van der Waals surface area contributed by atoms with Crippen LogP contribution in [0.25, 0.3) is 22.0 Å². The second-order valence-electron chi connectivity index (χ2n) is 7.97. The van der Waals surface area contributed by atoms with Crippen LogP contribution in [0.15, 0.2) is 65.8 Å². The van der Waals surface area contributed by atoms with E-state index in [0.717, 1.165) is 36.0 Å². The van der Waals surface area contributed by atoms with Crippen molar-refractivity contribution < 1.29 is 4.74 Å². The summed E-state index contributed by atoms with van der Waals surface area (Å²) in [4.78, 5) is 26.5. The Morgan fingerprint density at radius 2 is 1.91 bits per heavy atom. The van der Waals surface area contributed by atoms with Crippen LogP contribution in [0.5, 0.6) is 5.75 Å². The Morgan fingerprint density at radius 1 is 1.09 bits per heavy atom. The summed E-state index contributed by atoms with van der Waals surface area (Å²) in [5.41, 5.74) is 3.49. The number of aryl methyl sites for hydroxylation is 1. The third-order valence-electron chi connectivity index (χ3n) is 5.29. The summed E-state index contributed by atoms with van der Waals surface area (Å²) in [6.45, 7) is 1.06. The molecule has 0 aliphatic heterocycles. The predicted octanol–water partition coefficient (Wildman–Crippen LogP) is 4.23. The lowest BCUT2D eigenvalue weighted by Crippen LogP contribution is -2.13. The van der Waals surface area contributed by atoms with Gasteiger partial charge in [-0.2, -0.15) is 0 Å². The van der Waals surface area contributed by atoms with Gasteiger partial charge in [0, 0.05) is 23.6 Å². The Kier molecular flexibility index (Phi) is 6.47. The van der Waals surface area contributed by atoms with Crippen LogP contribution in [0.4, 0.5) is 11.5 Å². The quantitative estimate of drug-likeness (QED) is 0.436. The average molecular weight is 430 g/mol. The van der Waals surface area contributed by atoms with Crippen molar-refractivity contribution in [2.45, 2.75) is 12.8 Å². The molecule has 0 radical (unpaired) electrons. The van der Waals surface area contributed by atoms with Crippen LogP contribution >= 0.6 is 0 Å². The highest BCUT2D eigenvalue weighted by Gasteiger charge is 2.12. The molecule has 0 unspecified atom stereocenters. The molecule has 0 saturated carbocycles. The van der Waals surface area contributed by atoms with Gasteiger partial charge in [0.05, 0.1) is 24.4 Å². The second kappa shape index (κ2) is 9.62. The molecule has 2 N–H and O–H groups in total. The second-order valence-corrected chi connectivity index (χ2v) is 7.97. The highest BCUT2D eigenvalue weighted by Crippen LogP contribution is 2.29. The standard InChI is InChI=1S/C25H27N5O2/c1-30(2)12-4-5-17-6-8-20(9-7-17)28-24-23-18(10-11-27-25(23)31)14-22(29-24)19-13-21(32-3)16-26-15-19/h6-11,13-16H,4-5,12H2,1-3H3,(H,27,31)(H,28,29).